The fraction of sp³-hybridized carbons (Fsp3) is 0.294. The Balaban J connectivity index is 1.72. The van der Waals surface area contributed by atoms with Crippen LogP contribution in [0.5, 0.6) is 5.75 Å². The van der Waals surface area contributed by atoms with Gasteiger partial charge in [-0.15, -0.1) is 0 Å². The summed E-state index contributed by atoms with van der Waals surface area (Å²) in [6, 6.07) is 8.86. The van der Waals surface area contributed by atoms with E-state index in [9.17, 15) is 17.2 Å². The van der Waals surface area contributed by atoms with Crippen molar-refractivity contribution in [2.75, 3.05) is 4.72 Å². The third-order valence-electron chi connectivity index (χ3n) is 3.91. The Hall–Kier alpha value is -2.15. The second-order valence-electron chi connectivity index (χ2n) is 5.73. The van der Waals surface area contributed by atoms with Crippen molar-refractivity contribution in [3.8, 4) is 5.75 Å². The van der Waals surface area contributed by atoms with E-state index in [0.29, 0.717) is 5.75 Å². The molecule has 24 heavy (non-hydrogen) atoms. The van der Waals surface area contributed by atoms with Crippen molar-refractivity contribution in [2.45, 2.75) is 36.7 Å². The zero-order valence-corrected chi connectivity index (χ0v) is 13.7. The maximum atomic E-state index is 13.2. The van der Waals surface area contributed by atoms with Crippen LogP contribution in [0.2, 0.25) is 0 Å². The average Bonchev–Trinajstić information content (AvgIpc) is 3.04. The van der Waals surface area contributed by atoms with E-state index in [1.807, 2.05) is 0 Å². The maximum absolute atomic E-state index is 13.2. The Bertz CT molecular complexity index is 816. The molecule has 1 aliphatic carbocycles. The molecular weight excluding hydrogens is 336 g/mol. The molecule has 0 saturated heterocycles. The first-order chi connectivity index (χ1) is 11.4. The van der Waals surface area contributed by atoms with Crippen LogP contribution in [0.15, 0.2) is 47.4 Å². The molecule has 0 radical (unpaired) electrons. The van der Waals surface area contributed by atoms with Gasteiger partial charge < -0.3 is 4.74 Å². The van der Waals surface area contributed by atoms with Crippen LogP contribution >= 0.6 is 0 Å². The van der Waals surface area contributed by atoms with Gasteiger partial charge in [0.2, 0.25) is 0 Å². The van der Waals surface area contributed by atoms with Crippen LogP contribution in [-0.4, -0.2) is 14.5 Å². The molecule has 128 valence electrons. The standard InChI is InChI=1S/C17H17F2NO3S/c18-16-10-5-12(11-17(16)19)20-24(21,22)15-8-6-14(7-9-15)23-13-3-1-2-4-13/h5-11,13,20H,1-4H2. The molecule has 0 aromatic heterocycles. The molecule has 3 rings (SSSR count). The summed E-state index contributed by atoms with van der Waals surface area (Å²) < 4.78 is 58.7. The third kappa shape index (κ3) is 3.84. The van der Waals surface area contributed by atoms with Crippen molar-refractivity contribution >= 4 is 15.7 Å². The van der Waals surface area contributed by atoms with Crippen LogP contribution in [-0.2, 0) is 10.0 Å². The predicted molar refractivity (Wildman–Crippen MR) is 86.5 cm³/mol. The molecule has 0 unspecified atom stereocenters. The van der Waals surface area contributed by atoms with Crippen molar-refractivity contribution < 1.29 is 21.9 Å². The Labute approximate surface area is 139 Å². The summed E-state index contributed by atoms with van der Waals surface area (Å²) in [4.78, 5) is 0.0194. The molecule has 2 aromatic carbocycles. The summed E-state index contributed by atoms with van der Waals surface area (Å²) in [6.07, 6.45) is 4.51. The highest BCUT2D eigenvalue weighted by Crippen LogP contribution is 2.25. The summed E-state index contributed by atoms with van der Waals surface area (Å²) in [5.74, 6) is -1.53. The highest BCUT2D eigenvalue weighted by molar-refractivity contribution is 7.92. The van der Waals surface area contributed by atoms with Gasteiger partial charge in [-0.1, -0.05) is 0 Å². The van der Waals surface area contributed by atoms with Crippen LogP contribution in [0.4, 0.5) is 14.5 Å². The summed E-state index contributed by atoms with van der Waals surface area (Å²) in [6.45, 7) is 0. The fourth-order valence-electron chi connectivity index (χ4n) is 2.67. The van der Waals surface area contributed by atoms with E-state index in [1.54, 1.807) is 12.1 Å². The first-order valence-corrected chi connectivity index (χ1v) is 9.17. The zero-order chi connectivity index (χ0) is 17.2. The molecule has 0 aliphatic heterocycles. The lowest BCUT2D eigenvalue weighted by molar-refractivity contribution is 0.210. The number of benzene rings is 2. The first-order valence-electron chi connectivity index (χ1n) is 7.69. The normalized spacial score (nSPS) is 15.4. The SMILES string of the molecule is O=S(=O)(Nc1ccc(F)c(F)c1)c1ccc(OC2CCCC2)cc1. The first kappa shape index (κ1) is 16.7. The number of sulfonamides is 1. The lowest BCUT2D eigenvalue weighted by Gasteiger charge is -2.13. The zero-order valence-electron chi connectivity index (χ0n) is 12.8. The topological polar surface area (TPSA) is 55.4 Å². The average molecular weight is 353 g/mol. The minimum absolute atomic E-state index is 0.0194. The van der Waals surface area contributed by atoms with E-state index in [0.717, 1.165) is 43.9 Å². The largest absolute Gasteiger partial charge is 0.490 e. The number of rotatable bonds is 5. The van der Waals surface area contributed by atoms with E-state index < -0.39 is 21.7 Å². The second-order valence-corrected chi connectivity index (χ2v) is 7.41. The van der Waals surface area contributed by atoms with Crippen LogP contribution in [0, 0.1) is 11.6 Å². The summed E-state index contributed by atoms with van der Waals surface area (Å²) in [5, 5.41) is 0. The lowest BCUT2D eigenvalue weighted by atomic mass is 10.3. The van der Waals surface area contributed by atoms with Gasteiger partial charge in [0.05, 0.1) is 16.7 Å². The third-order valence-corrected chi connectivity index (χ3v) is 5.31. The quantitative estimate of drug-likeness (QED) is 0.881. The molecule has 1 saturated carbocycles. The van der Waals surface area contributed by atoms with E-state index in [2.05, 4.69) is 4.72 Å². The van der Waals surface area contributed by atoms with Crippen molar-refractivity contribution in [1.29, 1.82) is 0 Å². The molecule has 1 fully saturated rings. The molecule has 4 nitrogen and oxygen atoms in total. The van der Waals surface area contributed by atoms with E-state index in [4.69, 9.17) is 4.74 Å². The van der Waals surface area contributed by atoms with Gasteiger partial charge in [0.1, 0.15) is 5.75 Å². The number of hydrogen-bond donors (Lipinski definition) is 1. The minimum atomic E-state index is -3.88. The van der Waals surface area contributed by atoms with Gasteiger partial charge in [-0.25, -0.2) is 17.2 Å². The van der Waals surface area contributed by atoms with Gasteiger partial charge in [-0.3, -0.25) is 4.72 Å². The summed E-state index contributed by atoms with van der Waals surface area (Å²) >= 11 is 0. The summed E-state index contributed by atoms with van der Waals surface area (Å²) in [5.41, 5.74) is -0.0415. The molecule has 0 spiro atoms. The number of halogens is 2. The van der Waals surface area contributed by atoms with Crippen LogP contribution in [0.25, 0.3) is 0 Å². The smallest absolute Gasteiger partial charge is 0.261 e. The Kier molecular flexibility index (Phi) is 4.71. The molecule has 7 heteroatoms. The van der Waals surface area contributed by atoms with E-state index in [-0.39, 0.29) is 16.7 Å². The van der Waals surface area contributed by atoms with Gasteiger partial charge in [-0.2, -0.15) is 0 Å². The number of nitrogens with one attached hydrogen (secondary N) is 1. The highest BCUT2D eigenvalue weighted by atomic mass is 32.2. The van der Waals surface area contributed by atoms with E-state index in [1.165, 1.54) is 12.1 Å². The van der Waals surface area contributed by atoms with E-state index >= 15 is 0 Å². The molecular formula is C17H17F2NO3S. The molecule has 0 atom stereocenters. The monoisotopic (exact) mass is 353 g/mol. The predicted octanol–water partition coefficient (Wildman–Crippen LogP) is 4.09. The van der Waals surface area contributed by atoms with Gasteiger partial charge in [0, 0.05) is 6.07 Å². The number of ether oxygens (including phenoxy) is 1. The van der Waals surface area contributed by atoms with Crippen molar-refractivity contribution in [3.63, 3.8) is 0 Å². The molecule has 0 heterocycles. The van der Waals surface area contributed by atoms with Gasteiger partial charge in [0.15, 0.2) is 11.6 Å². The fourth-order valence-corrected chi connectivity index (χ4v) is 3.72. The molecule has 0 amide bonds. The van der Waals surface area contributed by atoms with Gasteiger partial charge in [-0.05, 0) is 62.1 Å². The Morgan fingerprint density at radius 1 is 0.958 bits per heavy atom. The molecule has 1 aliphatic rings. The van der Waals surface area contributed by atoms with Crippen molar-refractivity contribution in [1.82, 2.24) is 0 Å². The maximum Gasteiger partial charge on any atom is 0.261 e. The Morgan fingerprint density at radius 3 is 2.25 bits per heavy atom. The van der Waals surface area contributed by atoms with Gasteiger partial charge in [0.25, 0.3) is 10.0 Å². The summed E-state index contributed by atoms with van der Waals surface area (Å²) in [7, 11) is -3.88. The van der Waals surface area contributed by atoms with Crippen LogP contribution in [0.1, 0.15) is 25.7 Å². The minimum Gasteiger partial charge on any atom is -0.490 e. The molecule has 0 bridgehead atoms. The lowest BCUT2D eigenvalue weighted by Crippen LogP contribution is -2.14. The molecule has 2 aromatic rings. The van der Waals surface area contributed by atoms with Crippen LogP contribution in [0.3, 0.4) is 0 Å². The molecule has 1 N–H and O–H groups in total. The van der Waals surface area contributed by atoms with Crippen LogP contribution < -0.4 is 9.46 Å². The Morgan fingerprint density at radius 2 is 1.62 bits per heavy atom. The highest BCUT2D eigenvalue weighted by Gasteiger charge is 2.18. The van der Waals surface area contributed by atoms with Gasteiger partial charge >= 0.3 is 0 Å². The number of anilines is 1. The number of hydrogen-bond acceptors (Lipinski definition) is 3. The van der Waals surface area contributed by atoms with Crippen molar-refractivity contribution in [2.24, 2.45) is 0 Å². The van der Waals surface area contributed by atoms with Crippen molar-refractivity contribution in [3.05, 3.63) is 54.1 Å². The second kappa shape index (κ2) is 6.76.